The Labute approximate surface area is 149 Å². The lowest BCUT2D eigenvalue weighted by atomic mass is 10.1. The quantitative estimate of drug-likeness (QED) is 0.665. The van der Waals surface area contributed by atoms with Crippen LogP contribution in [0.1, 0.15) is 5.56 Å². The maximum Gasteiger partial charge on any atom is 0.330 e. The minimum absolute atomic E-state index is 0.285. The van der Waals surface area contributed by atoms with Gasteiger partial charge in [-0.1, -0.05) is 39.3 Å². The lowest BCUT2D eigenvalue weighted by Crippen LogP contribution is -2.64. The zero-order valence-corrected chi connectivity index (χ0v) is 18.1. The Hall–Kier alpha value is -1.01. The molecule has 25 heavy (non-hydrogen) atoms. The standard InChI is InChI=1S/C16H30N2O5Si2/c1-10-8-18(15(22)17-14(10)21)16(25(5,6)7)13(24(2,3)4)12(20)11(9-19)23-16/h8,11-13,19-20H,9H2,1-7H3,(H,17,21,22)/t11-,12-,13?,16+/m1/s1. The third-order valence-electron chi connectivity index (χ3n) is 5.14. The van der Waals surface area contributed by atoms with Crippen LogP contribution in [0.2, 0.25) is 44.8 Å². The third kappa shape index (κ3) is 3.12. The second-order valence-corrected chi connectivity index (χ2v) is 19.6. The molecule has 9 heteroatoms. The predicted molar refractivity (Wildman–Crippen MR) is 102 cm³/mol. The lowest BCUT2D eigenvalue weighted by Gasteiger charge is -2.49. The monoisotopic (exact) mass is 386 g/mol. The summed E-state index contributed by atoms with van der Waals surface area (Å²) < 4.78 is 7.80. The average molecular weight is 387 g/mol. The highest BCUT2D eigenvalue weighted by Crippen LogP contribution is 2.53. The number of aliphatic hydroxyl groups is 2. The van der Waals surface area contributed by atoms with Crippen LogP contribution < -0.4 is 11.2 Å². The van der Waals surface area contributed by atoms with E-state index in [0.717, 1.165) is 0 Å². The van der Waals surface area contributed by atoms with Gasteiger partial charge in [0.05, 0.1) is 20.8 Å². The molecule has 0 radical (unpaired) electrons. The van der Waals surface area contributed by atoms with Crippen LogP contribution in [0.4, 0.5) is 0 Å². The number of aromatic nitrogens is 2. The van der Waals surface area contributed by atoms with E-state index in [4.69, 9.17) is 4.74 Å². The molecule has 3 N–H and O–H groups in total. The number of aliphatic hydroxyl groups excluding tert-OH is 2. The SMILES string of the molecule is Cc1cn([C@]2([Si](C)(C)C)O[C@H](CO)[C@@H](O)C2[Si](C)(C)C)c(=O)[nH]c1=O. The molecule has 1 aliphatic heterocycles. The van der Waals surface area contributed by atoms with Gasteiger partial charge < -0.3 is 14.9 Å². The van der Waals surface area contributed by atoms with Crippen molar-refractivity contribution in [2.24, 2.45) is 0 Å². The van der Waals surface area contributed by atoms with Gasteiger partial charge in [0.15, 0.2) is 0 Å². The normalized spacial score (nSPS) is 30.7. The van der Waals surface area contributed by atoms with E-state index in [1.165, 1.54) is 4.57 Å². The van der Waals surface area contributed by atoms with Gasteiger partial charge in [-0.2, -0.15) is 0 Å². The number of nitrogens with zero attached hydrogens (tertiary/aromatic N) is 1. The first-order valence-electron chi connectivity index (χ1n) is 8.57. The summed E-state index contributed by atoms with van der Waals surface area (Å²) in [6.07, 6.45) is -0.0657. The van der Waals surface area contributed by atoms with Crippen molar-refractivity contribution in [1.29, 1.82) is 0 Å². The molecule has 1 aromatic rings. The van der Waals surface area contributed by atoms with Crippen LogP contribution in [-0.4, -0.2) is 54.7 Å². The van der Waals surface area contributed by atoms with E-state index in [1.54, 1.807) is 13.1 Å². The van der Waals surface area contributed by atoms with Crippen molar-refractivity contribution in [1.82, 2.24) is 9.55 Å². The molecule has 1 fully saturated rings. The Morgan fingerprint density at radius 1 is 1.24 bits per heavy atom. The first-order chi connectivity index (χ1) is 11.3. The molecule has 142 valence electrons. The number of nitrogens with one attached hydrogen (secondary N) is 1. The van der Waals surface area contributed by atoms with Crippen LogP contribution in [0.3, 0.4) is 0 Å². The summed E-state index contributed by atoms with van der Waals surface area (Å²) >= 11 is 0. The zero-order valence-electron chi connectivity index (χ0n) is 16.1. The molecule has 0 aliphatic carbocycles. The number of rotatable bonds is 4. The molecule has 2 rings (SSSR count). The van der Waals surface area contributed by atoms with E-state index in [1.807, 2.05) is 0 Å². The van der Waals surface area contributed by atoms with Crippen LogP contribution in [0.15, 0.2) is 15.8 Å². The van der Waals surface area contributed by atoms with Crippen molar-refractivity contribution in [3.63, 3.8) is 0 Å². The highest BCUT2D eigenvalue weighted by Gasteiger charge is 2.65. The van der Waals surface area contributed by atoms with Gasteiger partial charge in [-0.15, -0.1) is 0 Å². The Morgan fingerprint density at radius 2 is 1.80 bits per heavy atom. The smallest absolute Gasteiger partial charge is 0.330 e. The molecule has 1 aliphatic rings. The Morgan fingerprint density at radius 3 is 2.24 bits per heavy atom. The summed E-state index contributed by atoms with van der Waals surface area (Å²) in [4.78, 5) is 26.9. The van der Waals surface area contributed by atoms with Gasteiger partial charge in [0.1, 0.15) is 19.5 Å². The molecule has 0 saturated carbocycles. The molecular formula is C16H30N2O5Si2. The van der Waals surface area contributed by atoms with Crippen molar-refractivity contribution in [3.8, 4) is 0 Å². The minimum Gasteiger partial charge on any atom is -0.394 e. The van der Waals surface area contributed by atoms with Crippen LogP contribution >= 0.6 is 0 Å². The summed E-state index contributed by atoms with van der Waals surface area (Å²) in [5.41, 5.74) is -0.829. The number of aromatic amines is 1. The lowest BCUT2D eigenvalue weighted by molar-refractivity contribution is -0.0760. The van der Waals surface area contributed by atoms with Gasteiger partial charge in [-0.05, 0) is 6.92 Å². The molecular weight excluding hydrogens is 356 g/mol. The second kappa shape index (κ2) is 6.31. The minimum atomic E-state index is -2.28. The van der Waals surface area contributed by atoms with Gasteiger partial charge in [-0.3, -0.25) is 14.3 Å². The van der Waals surface area contributed by atoms with Crippen molar-refractivity contribution in [2.75, 3.05) is 6.61 Å². The third-order valence-corrected chi connectivity index (χ3v) is 10.8. The van der Waals surface area contributed by atoms with Crippen molar-refractivity contribution >= 4 is 16.1 Å². The molecule has 4 atom stereocenters. The number of aryl methyl sites for hydroxylation is 1. The zero-order chi connectivity index (χ0) is 19.4. The van der Waals surface area contributed by atoms with Gasteiger partial charge in [0.2, 0.25) is 0 Å². The van der Waals surface area contributed by atoms with E-state index < -0.39 is 45.0 Å². The van der Waals surface area contributed by atoms with Crippen molar-refractivity contribution < 1.29 is 14.9 Å². The highest BCUT2D eigenvalue weighted by molar-refractivity contribution is 6.84. The Balaban J connectivity index is 2.90. The number of H-pyrrole nitrogens is 1. The van der Waals surface area contributed by atoms with E-state index in [-0.39, 0.29) is 12.1 Å². The molecule has 0 amide bonds. The molecule has 0 aromatic carbocycles. The average Bonchev–Trinajstić information content (AvgIpc) is 2.76. The summed E-state index contributed by atoms with van der Waals surface area (Å²) in [7, 11) is -4.31. The van der Waals surface area contributed by atoms with Crippen LogP contribution in [0.25, 0.3) is 0 Å². The molecule has 1 aromatic heterocycles. The van der Waals surface area contributed by atoms with Crippen LogP contribution in [0.5, 0.6) is 0 Å². The van der Waals surface area contributed by atoms with Crippen LogP contribution in [-0.2, 0) is 10.1 Å². The van der Waals surface area contributed by atoms with Crippen molar-refractivity contribution in [2.45, 2.75) is 69.3 Å². The molecule has 2 heterocycles. The summed E-state index contributed by atoms with van der Waals surface area (Å²) in [6.45, 7) is 14.0. The molecule has 7 nitrogen and oxygen atoms in total. The first-order valence-corrected chi connectivity index (χ1v) is 15.6. The maximum atomic E-state index is 12.7. The fourth-order valence-corrected chi connectivity index (χ4v) is 11.8. The summed E-state index contributed by atoms with van der Waals surface area (Å²) in [5, 5.41) is 19.6. The molecule has 1 unspecified atom stereocenters. The predicted octanol–water partition coefficient (Wildman–Crippen LogP) is 0.836. The maximum absolute atomic E-state index is 12.7. The van der Waals surface area contributed by atoms with Crippen molar-refractivity contribution in [3.05, 3.63) is 32.6 Å². The Bertz CT molecular complexity index is 762. The number of hydrogen-bond acceptors (Lipinski definition) is 5. The van der Waals surface area contributed by atoms with Gasteiger partial charge in [-0.25, -0.2) is 4.79 Å². The van der Waals surface area contributed by atoms with Gasteiger partial charge in [0.25, 0.3) is 5.56 Å². The van der Waals surface area contributed by atoms with Crippen LogP contribution in [0, 0.1) is 6.92 Å². The van der Waals surface area contributed by atoms with Gasteiger partial charge >= 0.3 is 5.69 Å². The first kappa shape index (κ1) is 20.3. The van der Waals surface area contributed by atoms with E-state index in [2.05, 4.69) is 44.3 Å². The number of ether oxygens (including phenoxy) is 1. The second-order valence-electron chi connectivity index (χ2n) is 9.06. The molecule has 1 saturated heterocycles. The van der Waals surface area contributed by atoms with E-state index >= 15 is 0 Å². The van der Waals surface area contributed by atoms with E-state index in [0.29, 0.717) is 5.56 Å². The Kier molecular flexibility index (Phi) is 5.12. The fraction of sp³-hybridized carbons (Fsp3) is 0.750. The topological polar surface area (TPSA) is 105 Å². The molecule has 0 bridgehead atoms. The largest absolute Gasteiger partial charge is 0.394 e. The highest BCUT2D eigenvalue weighted by atomic mass is 28.3. The van der Waals surface area contributed by atoms with E-state index in [9.17, 15) is 19.8 Å². The summed E-state index contributed by atoms with van der Waals surface area (Å²) in [5.74, 6) is 0. The molecule has 0 spiro atoms. The fourth-order valence-electron chi connectivity index (χ4n) is 4.09. The summed E-state index contributed by atoms with van der Waals surface area (Å²) in [6, 6.07) is 0. The number of hydrogen-bond donors (Lipinski definition) is 3. The van der Waals surface area contributed by atoms with Gasteiger partial charge in [0, 0.05) is 17.3 Å².